The van der Waals surface area contributed by atoms with Crippen molar-refractivity contribution in [3.63, 3.8) is 0 Å². The Balaban J connectivity index is 1.37. The molecule has 3 aliphatic rings. The van der Waals surface area contributed by atoms with Crippen LogP contribution >= 0.6 is 35.0 Å². The van der Waals surface area contributed by atoms with E-state index < -0.39 is 34.1 Å². The van der Waals surface area contributed by atoms with Gasteiger partial charge in [0.25, 0.3) is 0 Å². The number of likely N-dealkylation sites (N-methyl/N-ethyl adjacent to an activating group) is 1. The monoisotopic (exact) mass is 709 g/mol. The third kappa shape index (κ3) is 9.33. The van der Waals surface area contributed by atoms with Crippen LogP contribution in [0.2, 0.25) is 10.0 Å². The van der Waals surface area contributed by atoms with Gasteiger partial charge < -0.3 is 19.1 Å². The molecule has 5 rings (SSSR count). The first-order valence-corrected chi connectivity index (χ1v) is 18.2. The van der Waals surface area contributed by atoms with E-state index in [1.807, 2.05) is 7.05 Å². The fourth-order valence-electron chi connectivity index (χ4n) is 5.16. The lowest BCUT2D eigenvalue weighted by molar-refractivity contribution is -0.377. The number of hydrogen-bond donors (Lipinski definition) is 0. The van der Waals surface area contributed by atoms with Crippen LogP contribution in [0.5, 0.6) is 11.5 Å². The van der Waals surface area contributed by atoms with Crippen LogP contribution in [0, 0.1) is 5.92 Å². The normalized spacial score (nSPS) is 20.8. The smallest absolute Gasteiger partial charge is 0.387 e. The van der Waals surface area contributed by atoms with Gasteiger partial charge in [-0.1, -0.05) is 29.3 Å². The summed E-state index contributed by atoms with van der Waals surface area (Å²) in [5.74, 6) is -0.138. The Hall–Kier alpha value is -1.94. The molecule has 1 aromatic carbocycles. The first kappa shape index (κ1) is 34.4. The molecular weight excluding hydrogens is 673 g/mol. The van der Waals surface area contributed by atoms with Crippen molar-refractivity contribution in [2.45, 2.75) is 37.4 Å². The van der Waals surface area contributed by atoms with E-state index in [9.17, 15) is 22.0 Å². The van der Waals surface area contributed by atoms with Crippen molar-refractivity contribution in [3.05, 3.63) is 51.8 Å². The van der Waals surface area contributed by atoms with Gasteiger partial charge in [-0.25, -0.2) is 18.2 Å². The number of thioether (sulfide) groups is 1. The lowest BCUT2D eigenvalue weighted by atomic mass is 10.0. The van der Waals surface area contributed by atoms with Crippen molar-refractivity contribution in [3.8, 4) is 11.5 Å². The molecule has 2 atom stereocenters. The third-order valence-electron chi connectivity index (χ3n) is 8.04. The van der Waals surface area contributed by atoms with E-state index in [2.05, 4.69) is 19.5 Å². The van der Waals surface area contributed by atoms with E-state index >= 15 is 0 Å². The second-order valence-electron chi connectivity index (χ2n) is 11.4. The second-order valence-corrected chi connectivity index (χ2v) is 15.4. The maximum Gasteiger partial charge on any atom is 0.387 e. The summed E-state index contributed by atoms with van der Waals surface area (Å²) in [6.45, 7) is 1.13. The van der Waals surface area contributed by atoms with E-state index in [1.165, 1.54) is 46.7 Å². The number of ether oxygens (including phenoxy) is 3. The van der Waals surface area contributed by atoms with Gasteiger partial charge in [0, 0.05) is 57.0 Å². The van der Waals surface area contributed by atoms with Crippen molar-refractivity contribution < 1.29 is 41.2 Å². The Morgan fingerprint density at radius 3 is 2.47 bits per heavy atom. The molecule has 2 aromatic rings. The number of piperazine rings is 1. The number of benzene rings is 1. The van der Waals surface area contributed by atoms with Gasteiger partial charge in [0.2, 0.25) is 10.0 Å². The zero-order valence-electron chi connectivity index (χ0n) is 24.8. The van der Waals surface area contributed by atoms with Crippen molar-refractivity contribution in [1.29, 1.82) is 0 Å². The minimum atomic E-state index is -3.77. The Labute approximate surface area is 276 Å². The molecule has 3 fully saturated rings. The lowest BCUT2D eigenvalue weighted by Gasteiger charge is -2.32. The average Bonchev–Trinajstić information content (AvgIpc) is 3.69. The van der Waals surface area contributed by atoms with E-state index in [0.29, 0.717) is 46.0 Å². The van der Waals surface area contributed by atoms with Crippen molar-refractivity contribution in [1.82, 2.24) is 14.1 Å². The van der Waals surface area contributed by atoms with E-state index in [0.717, 1.165) is 39.0 Å². The van der Waals surface area contributed by atoms with Gasteiger partial charge in [0.1, 0.15) is 16.1 Å². The van der Waals surface area contributed by atoms with Gasteiger partial charge in [-0.15, -0.1) is 11.8 Å². The van der Waals surface area contributed by atoms with Gasteiger partial charge in [-0.2, -0.15) is 13.1 Å². The molecule has 1 N–H and O–H groups in total. The van der Waals surface area contributed by atoms with E-state index in [4.69, 9.17) is 32.7 Å². The highest BCUT2D eigenvalue weighted by molar-refractivity contribution is 8.02. The van der Waals surface area contributed by atoms with Crippen LogP contribution in [0.1, 0.15) is 30.1 Å². The van der Waals surface area contributed by atoms with Crippen LogP contribution in [0.25, 0.3) is 0 Å². The van der Waals surface area contributed by atoms with Crippen LogP contribution < -0.4 is 14.5 Å². The Bertz CT molecular complexity index is 1430. The van der Waals surface area contributed by atoms with Crippen LogP contribution in [0.4, 0.5) is 8.78 Å². The number of hydrogen-bond acceptors (Lipinski definition) is 9. The molecule has 1 saturated carbocycles. The predicted molar refractivity (Wildman–Crippen MR) is 168 cm³/mol. The first-order valence-electron chi connectivity index (χ1n) is 14.8. The highest BCUT2D eigenvalue weighted by Gasteiger charge is 2.41. The number of carbonyl (C=O) groups excluding carboxylic acids is 1. The Morgan fingerprint density at radius 1 is 1.09 bits per heavy atom. The fourth-order valence-corrected chi connectivity index (χ4v) is 8.85. The van der Waals surface area contributed by atoms with Gasteiger partial charge in [0.15, 0.2) is 29.3 Å². The molecule has 2 aliphatic heterocycles. The summed E-state index contributed by atoms with van der Waals surface area (Å²) < 4.78 is 71.0. The summed E-state index contributed by atoms with van der Waals surface area (Å²) in [6, 6.07) is 4.34. The number of sulfonamides is 1. The molecule has 0 bridgehead atoms. The van der Waals surface area contributed by atoms with Crippen LogP contribution in [0.3, 0.4) is 0 Å². The number of nitrogens with zero attached hydrogens (tertiary/aromatic N) is 3. The number of aromatic nitrogens is 1. The number of carbonyl (C=O) groups is 1. The van der Waals surface area contributed by atoms with Gasteiger partial charge in [-0.3, -0.25) is 4.90 Å². The first-order chi connectivity index (χ1) is 21.5. The number of pyridine rings is 1. The zero-order valence-corrected chi connectivity index (χ0v) is 27.9. The summed E-state index contributed by atoms with van der Waals surface area (Å²) in [5, 5.41) is -0.475. The molecule has 1 aliphatic carbocycles. The van der Waals surface area contributed by atoms with Gasteiger partial charge >= 0.3 is 12.6 Å². The molecule has 248 valence electrons. The van der Waals surface area contributed by atoms with E-state index in [1.54, 1.807) is 0 Å². The Morgan fingerprint density at radius 2 is 1.80 bits per heavy atom. The minimum absolute atomic E-state index is 0.0305. The van der Waals surface area contributed by atoms with Crippen molar-refractivity contribution in [2.75, 3.05) is 64.4 Å². The van der Waals surface area contributed by atoms with Crippen LogP contribution in [-0.2, 0) is 26.0 Å². The summed E-state index contributed by atoms with van der Waals surface area (Å²) in [5.41, 5.74) is 0.905. The lowest BCUT2D eigenvalue weighted by Crippen LogP contribution is -2.48. The molecular formula is C29H37Cl2F2N4O6S2+. The molecule has 10 nitrogen and oxygen atoms in total. The molecule has 45 heavy (non-hydrogen) atoms. The van der Waals surface area contributed by atoms with Crippen molar-refractivity contribution >= 4 is 51.0 Å². The quantitative estimate of drug-likeness (QED) is 0.270. The molecule has 0 unspecified atom stereocenters. The number of esters is 1. The molecule has 3 heterocycles. The van der Waals surface area contributed by atoms with Crippen molar-refractivity contribution in [2.24, 2.45) is 5.92 Å². The van der Waals surface area contributed by atoms with Crippen LogP contribution in [0.15, 0.2) is 30.6 Å². The molecule has 0 amide bonds. The number of rotatable bonds is 14. The zero-order chi connectivity index (χ0) is 32.1. The number of halogens is 4. The number of nitrogens with one attached hydrogen (secondary N) is 1. The highest BCUT2D eigenvalue weighted by Crippen LogP contribution is 2.39. The SMILES string of the molecule is CN1CCN(CCS(=O)(=O)N2CCS[C@H]2C(=O)O[C@@H](Cc2c(Cl)c[nH+]cc2Cl)c2ccc(OC(F)F)c(OCC3CC3)c2)CC1. The number of alkyl halides is 2. The fraction of sp³-hybridized carbons (Fsp3) is 0.586. The number of aromatic amines is 1. The summed E-state index contributed by atoms with van der Waals surface area (Å²) >= 11 is 14.1. The standard InChI is InChI=1S/C29H36Cl2F2N4O6S2/c1-35-6-8-36(9-7-35)11-13-45(39,40)37-10-12-44-27(37)28(38)42-25(15-21-22(30)16-34-17-23(21)31)20-4-5-24(43-29(32)33)26(14-20)41-18-19-2-3-19/h4-5,14,16-17,19,25,27,29H,2-3,6-13,15,18H2,1H3/p+1/t25-,27-/m0/s1. The van der Waals surface area contributed by atoms with Gasteiger partial charge in [-0.05, 0) is 43.5 Å². The van der Waals surface area contributed by atoms with Crippen LogP contribution in [-0.4, -0.2) is 105 Å². The molecule has 0 radical (unpaired) electrons. The molecule has 2 saturated heterocycles. The topological polar surface area (TPSA) is 103 Å². The summed E-state index contributed by atoms with van der Waals surface area (Å²) in [4.78, 5) is 20.9. The molecule has 1 aromatic heterocycles. The largest absolute Gasteiger partial charge is 0.489 e. The van der Waals surface area contributed by atoms with E-state index in [-0.39, 0.29) is 30.2 Å². The molecule has 0 spiro atoms. The average molecular weight is 711 g/mol. The highest BCUT2D eigenvalue weighted by atomic mass is 35.5. The maximum atomic E-state index is 13.7. The summed E-state index contributed by atoms with van der Waals surface area (Å²) in [6.07, 6.45) is 4.07. The van der Waals surface area contributed by atoms with Gasteiger partial charge in [0.05, 0.1) is 12.4 Å². The minimum Gasteiger partial charge on any atom is -0.489 e. The molecule has 16 heteroatoms. The summed E-state index contributed by atoms with van der Waals surface area (Å²) in [7, 11) is -1.74. The third-order valence-corrected chi connectivity index (χ3v) is 11.8. The number of H-pyrrole nitrogens is 1. The predicted octanol–water partition coefficient (Wildman–Crippen LogP) is 3.98. The second kappa shape index (κ2) is 15.3. The maximum absolute atomic E-state index is 13.7. The Kier molecular flexibility index (Phi) is 11.7.